The number of unbranched alkanes of at least 4 members (excludes halogenated alkanes) is 30. The molecule has 0 fully saturated rings. The Kier molecular flexibility index (Phi) is 40.0. The largest absolute Gasteiger partial charge is 0.481 e. The van der Waals surface area contributed by atoms with Crippen molar-refractivity contribution in [2.75, 3.05) is 0 Å². The maximum Gasteiger partial charge on any atom is 0.306 e. The molecule has 290 valence electrons. The molecule has 0 amide bonds. The maximum absolute atomic E-state index is 12.7. The highest BCUT2D eigenvalue weighted by Crippen LogP contribution is 2.19. The first-order valence-electron chi connectivity index (χ1n) is 22.2. The van der Waals surface area contributed by atoms with Gasteiger partial charge in [0.15, 0.2) is 0 Å². The molecule has 1 N–H and O–H groups in total. The third-order valence-electron chi connectivity index (χ3n) is 10.2. The van der Waals surface area contributed by atoms with Crippen LogP contribution in [0, 0.1) is 0 Å². The average molecular weight is 691 g/mol. The van der Waals surface area contributed by atoms with Crippen LogP contribution in [0.1, 0.15) is 258 Å². The van der Waals surface area contributed by atoms with Gasteiger partial charge in [-0.15, -0.1) is 0 Å². The Morgan fingerprint density at radius 2 is 0.755 bits per heavy atom. The van der Waals surface area contributed by atoms with Crippen molar-refractivity contribution >= 4 is 11.9 Å². The van der Waals surface area contributed by atoms with Crippen LogP contribution < -0.4 is 0 Å². The van der Waals surface area contributed by atoms with Crippen LogP contribution in [-0.4, -0.2) is 23.1 Å². The summed E-state index contributed by atoms with van der Waals surface area (Å²) in [6.45, 7) is 4.57. The average Bonchev–Trinajstić information content (AvgIpc) is 3.09. The first-order chi connectivity index (χ1) is 24.1. The zero-order chi connectivity index (χ0) is 35.7. The molecule has 0 aliphatic heterocycles. The van der Waals surface area contributed by atoms with Crippen LogP contribution in [-0.2, 0) is 14.3 Å². The molecular formula is C45H86O4. The highest BCUT2D eigenvalue weighted by atomic mass is 16.5. The van der Waals surface area contributed by atoms with E-state index in [0.717, 1.165) is 70.6 Å². The number of carboxylic acids is 1. The van der Waals surface area contributed by atoms with E-state index in [0.29, 0.717) is 6.42 Å². The number of hydrogen-bond acceptors (Lipinski definition) is 3. The standard InChI is InChI=1S/C45H86O4/c1-3-5-7-9-11-13-15-17-18-19-20-21-23-25-27-29-34-38-42-45(48)49-43(40-36-32-30-33-37-41-44(46)47)39-35-31-28-26-24-22-16-14-12-10-8-6-4-2/h26,28,43H,3-25,27,29-42H2,1-2H3,(H,46,47)/b28-26-. The van der Waals surface area contributed by atoms with Crippen LogP contribution in [0.5, 0.6) is 0 Å². The predicted molar refractivity (Wildman–Crippen MR) is 213 cm³/mol. The lowest BCUT2D eigenvalue weighted by Crippen LogP contribution is -2.18. The quantitative estimate of drug-likeness (QED) is 0.0394. The van der Waals surface area contributed by atoms with E-state index < -0.39 is 5.97 Å². The minimum Gasteiger partial charge on any atom is -0.481 e. The molecule has 0 aromatic carbocycles. The van der Waals surface area contributed by atoms with Gasteiger partial charge in [-0.1, -0.05) is 199 Å². The Hall–Kier alpha value is -1.32. The van der Waals surface area contributed by atoms with Crippen molar-refractivity contribution < 1.29 is 19.4 Å². The topological polar surface area (TPSA) is 63.6 Å². The van der Waals surface area contributed by atoms with Crippen LogP contribution in [0.4, 0.5) is 0 Å². The first-order valence-corrected chi connectivity index (χ1v) is 22.2. The first kappa shape index (κ1) is 47.7. The van der Waals surface area contributed by atoms with E-state index in [2.05, 4.69) is 26.0 Å². The molecule has 0 radical (unpaired) electrons. The Morgan fingerprint density at radius 1 is 0.429 bits per heavy atom. The van der Waals surface area contributed by atoms with Crippen molar-refractivity contribution in [3.8, 4) is 0 Å². The van der Waals surface area contributed by atoms with Crippen molar-refractivity contribution in [2.24, 2.45) is 0 Å². The van der Waals surface area contributed by atoms with E-state index in [9.17, 15) is 9.59 Å². The molecule has 1 unspecified atom stereocenters. The van der Waals surface area contributed by atoms with Crippen LogP contribution >= 0.6 is 0 Å². The van der Waals surface area contributed by atoms with Gasteiger partial charge in [0.05, 0.1) is 0 Å². The van der Waals surface area contributed by atoms with E-state index in [1.807, 2.05) is 0 Å². The second-order valence-electron chi connectivity index (χ2n) is 15.2. The van der Waals surface area contributed by atoms with E-state index in [1.165, 1.54) is 161 Å². The lowest BCUT2D eigenvalue weighted by molar-refractivity contribution is -0.150. The number of carbonyl (C=O) groups is 2. The zero-order valence-electron chi connectivity index (χ0n) is 33.3. The van der Waals surface area contributed by atoms with E-state index in [-0.39, 0.29) is 18.5 Å². The second kappa shape index (κ2) is 41.1. The molecule has 0 rings (SSSR count). The highest BCUT2D eigenvalue weighted by Gasteiger charge is 2.14. The Balaban J connectivity index is 3.97. The number of carboxylic acid groups (broad SMARTS) is 1. The van der Waals surface area contributed by atoms with Crippen molar-refractivity contribution in [2.45, 2.75) is 264 Å². The molecule has 0 aromatic heterocycles. The number of esters is 1. The van der Waals surface area contributed by atoms with E-state index >= 15 is 0 Å². The molecule has 0 saturated heterocycles. The van der Waals surface area contributed by atoms with Crippen molar-refractivity contribution in [3.05, 3.63) is 12.2 Å². The third kappa shape index (κ3) is 41.0. The van der Waals surface area contributed by atoms with Crippen LogP contribution in [0.3, 0.4) is 0 Å². The van der Waals surface area contributed by atoms with Crippen molar-refractivity contribution in [3.63, 3.8) is 0 Å². The smallest absolute Gasteiger partial charge is 0.306 e. The molecule has 0 heterocycles. The fraction of sp³-hybridized carbons (Fsp3) is 0.911. The van der Waals surface area contributed by atoms with Crippen LogP contribution in [0.15, 0.2) is 12.2 Å². The summed E-state index contributed by atoms with van der Waals surface area (Å²) in [5.41, 5.74) is 0. The summed E-state index contributed by atoms with van der Waals surface area (Å²) in [7, 11) is 0. The summed E-state index contributed by atoms with van der Waals surface area (Å²) < 4.78 is 6.01. The molecular weight excluding hydrogens is 604 g/mol. The molecule has 1 atom stereocenters. The van der Waals surface area contributed by atoms with Gasteiger partial charge in [-0.2, -0.15) is 0 Å². The number of ether oxygens (including phenoxy) is 1. The number of carbonyl (C=O) groups excluding carboxylic acids is 1. The van der Waals surface area contributed by atoms with Gasteiger partial charge in [0.2, 0.25) is 0 Å². The van der Waals surface area contributed by atoms with Crippen LogP contribution in [0.25, 0.3) is 0 Å². The molecule has 0 bridgehead atoms. The Bertz CT molecular complexity index is 702. The van der Waals surface area contributed by atoms with E-state index in [4.69, 9.17) is 9.84 Å². The van der Waals surface area contributed by atoms with Gasteiger partial charge in [0, 0.05) is 12.8 Å². The lowest BCUT2D eigenvalue weighted by Gasteiger charge is -2.18. The minimum atomic E-state index is -0.700. The number of hydrogen-bond donors (Lipinski definition) is 1. The fourth-order valence-corrected chi connectivity index (χ4v) is 6.95. The molecule has 49 heavy (non-hydrogen) atoms. The summed E-state index contributed by atoms with van der Waals surface area (Å²) in [4.78, 5) is 23.4. The molecule has 0 saturated carbocycles. The summed E-state index contributed by atoms with van der Waals surface area (Å²) in [6.07, 6.45) is 51.0. The Morgan fingerprint density at radius 3 is 1.18 bits per heavy atom. The number of allylic oxidation sites excluding steroid dienone is 2. The summed E-state index contributed by atoms with van der Waals surface area (Å²) in [6, 6.07) is 0. The normalized spacial score (nSPS) is 12.2. The van der Waals surface area contributed by atoms with Gasteiger partial charge < -0.3 is 9.84 Å². The second-order valence-corrected chi connectivity index (χ2v) is 15.2. The van der Waals surface area contributed by atoms with Gasteiger partial charge in [-0.25, -0.2) is 0 Å². The minimum absolute atomic E-state index is 0.00631. The van der Waals surface area contributed by atoms with Gasteiger partial charge in [0.1, 0.15) is 6.10 Å². The maximum atomic E-state index is 12.7. The van der Waals surface area contributed by atoms with Gasteiger partial charge in [0.25, 0.3) is 0 Å². The zero-order valence-corrected chi connectivity index (χ0v) is 33.3. The molecule has 0 aliphatic carbocycles. The van der Waals surface area contributed by atoms with E-state index in [1.54, 1.807) is 0 Å². The van der Waals surface area contributed by atoms with Crippen LogP contribution in [0.2, 0.25) is 0 Å². The monoisotopic (exact) mass is 691 g/mol. The molecule has 4 nitrogen and oxygen atoms in total. The number of aliphatic carboxylic acids is 1. The lowest BCUT2D eigenvalue weighted by atomic mass is 10.0. The predicted octanol–water partition coefficient (Wildman–Crippen LogP) is 15.4. The molecule has 4 heteroatoms. The SMILES string of the molecule is CCCCCCCCCC/C=C\CCCC(CCCCCCCC(=O)O)OC(=O)CCCCCCCCCCCCCCCCCCCC. The molecule has 0 aromatic rings. The fourth-order valence-electron chi connectivity index (χ4n) is 6.95. The van der Waals surface area contributed by atoms with Gasteiger partial charge in [-0.05, 0) is 57.8 Å². The molecule has 0 aliphatic rings. The van der Waals surface area contributed by atoms with Gasteiger partial charge >= 0.3 is 11.9 Å². The Labute approximate surface area is 306 Å². The third-order valence-corrected chi connectivity index (χ3v) is 10.2. The van der Waals surface area contributed by atoms with Crippen molar-refractivity contribution in [1.82, 2.24) is 0 Å². The summed E-state index contributed by atoms with van der Waals surface area (Å²) >= 11 is 0. The van der Waals surface area contributed by atoms with Gasteiger partial charge in [-0.3, -0.25) is 9.59 Å². The van der Waals surface area contributed by atoms with Crippen molar-refractivity contribution in [1.29, 1.82) is 0 Å². The number of rotatable bonds is 41. The highest BCUT2D eigenvalue weighted by molar-refractivity contribution is 5.69. The summed E-state index contributed by atoms with van der Waals surface area (Å²) in [5, 5.41) is 8.83. The molecule has 0 spiro atoms. The summed E-state index contributed by atoms with van der Waals surface area (Å²) in [5.74, 6) is -0.707.